The Morgan fingerprint density at radius 2 is 1.73 bits per heavy atom. The number of hydrogen-bond acceptors (Lipinski definition) is 7. The average Bonchev–Trinajstić information content (AvgIpc) is 3.18. The number of aromatic nitrogens is 1. The third-order valence-corrected chi connectivity index (χ3v) is 5.66. The molecule has 0 aliphatic carbocycles. The molecule has 2 fully saturated rings. The van der Waals surface area contributed by atoms with Crippen LogP contribution in [0.4, 0.5) is 10.8 Å². The van der Waals surface area contributed by atoms with Crippen molar-refractivity contribution >= 4 is 34.1 Å². The summed E-state index contributed by atoms with van der Waals surface area (Å²) in [6.45, 7) is 5.43. The van der Waals surface area contributed by atoms with Crippen molar-refractivity contribution in [1.29, 1.82) is 0 Å². The Morgan fingerprint density at radius 1 is 1.04 bits per heavy atom. The number of anilines is 2. The second-order valence-electron chi connectivity index (χ2n) is 7.73. The van der Waals surface area contributed by atoms with Crippen LogP contribution in [-0.4, -0.2) is 22.5 Å². The lowest BCUT2D eigenvalue weighted by Gasteiger charge is -2.20. The Kier molecular flexibility index (Phi) is 3.63. The van der Waals surface area contributed by atoms with E-state index in [9.17, 15) is 9.59 Å². The topological polar surface area (TPSA) is 77.5 Å². The number of nitrogens with zero attached hydrogens (tertiary/aromatic N) is 1. The van der Waals surface area contributed by atoms with E-state index in [2.05, 4.69) is 10.3 Å². The van der Waals surface area contributed by atoms with Gasteiger partial charge in [0.2, 0.25) is 0 Å². The lowest BCUT2D eigenvalue weighted by Crippen LogP contribution is -2.32. The van der Waals surface area contributed by atoms with Crippen molar-refractivity contribution in [3.63, 3.8) is 0 Å². The van der Waals surface area contributed by atoms with Crippen LogP contribution < -0.4 is 5.32 Å². The van der Waals surface area contributed by atoms with Crippen LogP contribution in [0.25, 0.3) is 0 Å². The highest BCUT2D eigenvalue weighted by molar-refractivity contribution is 7.13. The van der Waals surface area contributed by atoms with Gasteiger partial charge in [-0.1, -0.05) is 18.2 Å². The summed E-state index contributed by atoms with van der Waals surface area (Å²) in [4.78, 5) is 29.6. The van der Waals surface area contributed by atoms with Crippen molar-refractivity contribution in [2.75, 3.05) is 5.32 Å². The fraction of sp³-hybridized carbons (Fsp3) is 0.421. The number of thiazole rings is 1. The predicted octanol–water partition coefficient (Wildman–Crippen LogP) is 3.76. The lowest BCUT2D eigenvalue weighted by atomic mass is 9.75. The Hall–Kier alpha value is -2.41. The Morgan fingerprint density at radius 3 is 2.38 bits per heavy atom. The molecule has 2 aliphatic rings. The number of ether oxygens (including phenoxy) is 2. The van der Waals surface area contributed by atoms with Gasteiger partial charge in [-0.2, -0.15) is 0 Å². The minimum Gasteiger partial charge on any atom is -0.459 e. The van der Waals surface area contributed by atoms with Gasteiger partial charge in [0, 0.05) is 23.9 Å². The van der Waals surface area contributed by atoms with Crippen molar-refractivity contribution in [3.05, 3.63) is 41.4 Å². The highest BCUT2D eigenvalue weighted by atomic mass is 32.1. The summed E-state index contributed by atoms with van der Waals surface area (Å²) in [5, 5.41) is 5.81. The number of para-hydroxylation sites is 1. The minimum absolute atomic E-state index is 0.246. The first-order chi connectivity index (χ1) is 12.2. The maximum atomic E-state index is 12.6. The van der Waals surface area contributed by atoms with E-state index >= 15 is 0 Å². The molecule has 2 aliphatic heterocycles. The summed E-state index contributed by atoms with van der Waals surface area (Å²) in [5.41, 5.74) is -1.26. The summed E-state index contributed by atoms with van der Waals surface area (Å²) in [5.74, 6) is -1.00. The first kappa shape index (κ1) is 17.0. The van der Waals surface area contributed by atoms with E-state index in [-0.39, 0.29) is 6.42 Å². The van der Waals surface area contributed by atoms with Crippen molar-refractivity contribution in [2.24, 2.45) is 5.41 Å². The van der Waals surface area contributed by atoms with Gasteiger partial charge in [-0.15, -0.1) is 11.3 Å². The fourth-order valence-corrected chi connectivity index (χ4v) is 4.68. The van der Waals surface area contributed by atoms with Gasteiger partial charge in [0.1, 0.15) is 5.60 Å². The van der Waals surface area contributed by atoms with Gasteiger partial charge in [-0.3, -0.25) is 9.59 Å². The summed E-state index contributed by atoms with van der Waals surface area (Å²) in [6.07, 6.45) is 0.572. The largest absolute Gasteiger partial charge is 0.459 e. The monoisotopic (exact) mass is 372 g/mol. The van der Waals surface area contributed by atoms with Crippen LogP contribution in [0.1, 0.15) is 39.3 Å². The molecule has 0 bridgehead atoms. The quantitative estimate of drug-likeness (QED) is 0.653. The first-order valence-corrected chi connectivity index (χ1v) is 9.36. The molecule has 2 saturated heterocycles. The molecule has 0 radical (unpaired) electrons. The molecule has 0 saturated carbocycles. The van der Waals surface area contributed by atoms with Gasteiger partial charge in [-0.25, -0.2) is 4.98 Å². The van der Waals surface area contributed by atoms with Crippen molar-refractivity contribution in [2.45, 2.75) is 44.8 Å². The Bertz CT molecular complexity index is 879. The minimum atomic E-state index is -1.23. The van der Waals surface area contributed by atoms with Crippen LogP contribution in [0, 0.1) is 5.41 Å². The van der Waals surface area contributed by atoms with E-state index in [4.69, 9.17) is 9.47 Å². The molecule has 1 spiro atoms. The van der Waals surface area contributed by atoms with Gasteiger partial charge in [0.25, 0.3) is 0 Å². The predicted molar refractivity (Wildman–Crippen MR) is 97.1 cm³/mol. The molecule has 0 unspecified atom stereocenters. The van der Waals surface area contributed by atoms with Crippen LogP contribution in [0.3, 0.4) is 0 Å². The number of carbonyl (C=O) groups is 2. The van der Waals surface area contributed by atoms with E-state index < -0.39 is 28.6 Å². The lowest BCUT2D eigenvalue weighted by molar-refractivity contribution is -0.161. The number of esters is 2. The van der Waals surface area contributed by atoms with Gasteiger partial charge >= 0.3 is 11.9 Å². The average molecular weight is 372 g/mol. The van der Waals surface area contributed by atoms with E-state index in [0.717, 1.165) is 5.69 Å². The third-order valence-electron chi connectivity index (χ3n) is 4.91. The molecular formula is C19H20N2O4S. The van der Waals surface area contributed by atoms with E-state index in [1.807, 2.05) is 49.6 Å². The molecule has 0 amide bonds. The highest BCUT2D eigenvalue weighted by Crippen LogP contribution is 2.54. The second kappa shape index (κ2) is 5.54. The highest BCUT2D eigenvalue weighted by Gasteiger charge is 2.67. The van der Waals surface area contributed by atoms with Crippen molar-refractivity contribution < 1.29 is 19.1 Å². The number of rotatable bonds is 3. The summed E-state index contributed by atoms with van der Waals surface area (Å²) in [6, 6.07) is 9.72. The SMILES string of the molecule is CC1(C)C[C@@]2(C[C@](C)(c3csc(Nc4ccccc4)n3)OC2=O)C(=O)O1. The zero-order chi connectivity index (χ0) is 18.6. The van der Waals surface area contributed by atoms with Crippen molar-refractivity contribution in [1.82, 2.24) is 4.98 Å². The van der Waals surface area contributed by atoms with Crippen LogP contribution in [-0.2, 0) is 24.7 Å². The molecule has 6 nitrogen and oxygen atoms in total. The van der Waals surface area contributed by atoms with Gasteiger partial charge in [0.15, 0.2) is 16.1 Å². The zero-order valence-corrected chi connectivity index (χ0v) is 15.7. The Labute approximate surface area is 155 Å². The third kappa shape index (κ3) is 2.67. The second-order valence-corrected chi connectivity index (χ2v) is 8.59. The number of cyclic esters (lactones) is 2. The number of nitrogens with one attached hydrogen (secondary N) is 1. The fourth-order valence-electron chi connectivity index (χ4n) is 3.82. The standard InChI is InChI=1S/C19H20N2O4S/c1-17(2)10-19(14(22)24-17)11-18(3,25-15(19)23)13-9-26-16(21-13)20-12-7-5-4-6-8-12/h4-9H,10-11H2,1-3H3,(H,20,21)/t18-,19-/m1/s1. The van der Waals surface area contributed by atoms with Gasteiger partial charge in [-0.05, 0) is 32.9 Å². The molecule has 4 rings (SSSR count). The summed E-state index contributed by atoms with van der Waals surface area (Å²) >= 11 is 1.43. The Balaban J connectivity index is 1.59. The molecule has 1 N–H and O–H groups in total. The maximum Gasteiger partial charge on any atom is 0.324 e. The normalized spacial score (nSPS) is 29.7. The molecule has 1 aromatic carbocycles. The van der Waals surface area contributed by atoms with Crippen LogP contribution >= 0.6 is 11.3 Å². The molecule has 26 heavy (non-hydrogen) atoms. The van der Waals surface area contributed by atoms with E-state index in [1.54, 1.807) is 6.92 Å². The van der Waals surface area contributed by atoms with Gasteiger partial charge in [0.05, 0.1) is 5.69 Å². The van der Waals surface area contributed by atoms with E-state index in [1.165, 1.54) is 11.3 Å². The molecule has 1 aromatic heterocycles. The molecular weight excluding hydrogens is 352 g/mol. The van der Waals surface area contributed by atoms with Crippen LogP contribution in [0.15, 0.2) is 35.7 Å². The van der Waals surface area contributed by atoms with Crippen LogP contribution in [0.5, 0.6) is 0 Å². The zero-order valence-electron chi connectivity index (χ0n) is 14.9. The number of hydrogen-bond donors (Lipinski definition) is 1. The van der Waals surface area contributed by atoms with Crippen molar-refractivity contribution in [3.8, 4) is 0 Å². The smallest absolute Gasteiger partial charge is 0.324 e. The van der Waals surface area contributed by atoms with Gasteiger partial charge < -0.3 is 14.8 Å². The summed E-state index contributed by atoms with van der Waals surface area (Å²) in [7, 11) is 0. The number of benzene rings is 1. The first-order valence-electron chi connectivity index (χ1n) is 8.48. The molecule has 2 aromatic rings. The van der Waals surface area contributed by atoms with Crippen LogP contribution in [0.2, 0.25) is 0 Å². The maximum absolute atomic E-state index is 12.6. The number of carbonyl (C=O) groups excluding carboxylic acids is 2. The molecule has 136 valence electrons. The molecule has 7 heteroatoms. The van der Waals surface area contributed by atoms with E-state index in [0.29, 0.717) is 17.2 Å². The molecule has 3 heterocycles. The summed E-state index contributed by atoms with van der Waals surface area (Å²) < 4.78 is 11.1. The molecule has 2 atom stereocenters.